The Morgan fingerprint density at radius 2 is 2.10 bits per heavy atom. The van der Waals surface area contributed by atoms with E-state index in [1.165, 1.54) is 17.3 Å². The van der Waals surface area contributed by atoms with Crippen LogP contribution in [0.2, 0.25) is 0 Å². The smallest absolute Gasteiger partial charge is 0.274 e. The molecule has 1 aromatic carbocycles. The van der Waals surface area contributed by atoms with Crippen molar-refractivity contribution in [2.75, 3.05) is 20.3 Å². The summed E-state index contributed by atoms with van der Waals surface area (Å²) in [6.45, 7) is 5.47. The molecule has 0 spiro atoms. The van der Waals surface area contributed by atoms with Gasteiger partial charge in [-0.15, -0.1) is 0 Å². The Bertz CT molecular complexity index is 1100. The van der Waals surface area contributed by atoms with Crippen molar-refractivity contribution in [2.24, 2.45) is 9.98 Å². The van der Waals surface area contributed by atoms with Gasteiger partial charge in [-0.3, -0.25) is 14.8 Å². The number of aliphatic imine (C=N–C) groups is 2. The lowest BCUT2D eigenvalue weighted by Crippen LogP contribution is -2.32. The molecule has 3 aromatic rings. The zero-order valence-corrected chi connectivity index (χ0v) is 16.9. The number of hydrogen-bond acceptors (Lipinski definition) is 6. The Morgan fingerprint density at radius 1 is 1.30 bits per heavy atom. The van der Waals surface area contributed by atoms with E-state index in [1.807, 2.05) is 24.3 Å². The van der Waals surface area contributed by atoms with Gasteiger partial charge in [-0.05, 0) is 43.3 Å². The number of hydrogen-bond donors (Lipinski definition) is 2. The fourth-order valence-corrected chi connectivity index (χ4v) is 2.88. The molecule has 2 heterocycles. The maximum Gasteiger partial charge on any atom is 0.274 e. The Kier molecular flexibility index (Phi) is 6.71. The van der Waals surface area contributed by atoms with Crippen molar-refractivity contribution in [2.45, 2.75) is 6.92 Å². The number of carbonyl (C=O) groups excluding carboxylic acids is 1. The second-order valence-corrected chi connectivity index (χ2v) is 6.30. The fraction of sp³-hybridized carbons (Fsp3) is 0.182. The largest absolute Gasteiger partial charge is 0.456 e. The summed E-state index contributed by atoms with van der Waals surface area (Å²) >= 11 is 0. The van der Waals surface area contributed by atoms with Crippen molar-refractivity contribution in [3.05, 3.63) is 66.8 Å². The number of aromatic nitrogens is 2. The summed E-state index contributed by atoms with van der Waals surface area (Å²) < 4.78 is 5.88. The number of aliphatic hydroxyl groups is 1. The highest BCUT2D eigenvalue weighted by Gasteiger charge is 2.14. The molecular formula is C22H23N5O3. The summed E-state index contributed by atoms with van der Waals surface area (Å²) in [4.78, 5) is 29.2. The zero-order valence-electron chi connectivity index (χ0n) is 16.9. The molecule has 154 valence electrons. The van der Waals surface area contributed by atoms with Gasteiger partial charge in [-0.2, -0.15) is 0 Å². The Morgan fingerprint density at radius 3 is 2.73 bits per heavy atom. The summed E-state index contributed by atoms with van der Waals surface area (Å²) in [5.41, 5.74) is 2.68. The highest BCUT2D eigenvalue weighted by atomic mass is 16.5. The Labute approximate surface area is 174 Å². The number of nitrogens with one attached hydrogen (secondary N) is 1. The van der Waals surface area contributed by atoms with Gasteiger partial charge in [0.2, 0.25) is 0 Å². The molecule has 0 fully saturated rings. The minimum absolute atomic E-state index is 0.246. The summed E-state index contributed by atoms with van der Waals surface area (Å²) in [5, 5.41) is 10.2. The van der Waals surface area contributed by atoms with Crippen LogP contribution in [0.1, 0.15) is 23.1 Å². The van der Waals surface area contributed by atoms with E-state index >= 15 is 0 Å². The van der Waals surface area contributed by atoms with Crippen LogP contribution in [0.15, 0.2) is 65.4 Å². The number of aliphatic hydroxyl groups excluding tert-OH is 1. The third-order valence-corrected chi connectivity index (χ3v) is 4.38. The van der Waals surface area contributed by atoms with E-state index in [0.29, 0.717) is 23.8 Å². The quantitative estimate of drug-likeness (QED) is 0.443. The summed E-state index contributed by atoms with van der Waals surface area (Å²) in [7, 11) is 1.68. The van der Waals surface area contributed by atoms with Gasteiger partial charge in [-0.25, -0.2) is 4.98 Å². The third kappa shape index (κ3) is 4.61. The monoisotopic (exact) mass is 405 g/mol. The lowest BCUT2D eigenvalue weighted by molar-refractivity contribution is 0.0565. The van der Waals surface area contributed by atoms with Crippen molar-refractivity contribution < 1.29 is 14.6 Å². The molecule has 2 N–H and O–H groups in total. The van der Waals surface area contributed by atoms with Crippen molar-refractivity contribution in [1.29, 1.82) is 0 Å². The summed E-state index contributed by atoms with van der Waals surface area (Å²) in [5.74, 6) is 0.798. The van der Waals surface area contributed by atoms with E-state index in [-0.39, 0.29) is 18.3 Å². The SMILES string of the molecule is C=CN=C(C=NC)c1cc2cc(Oc3ccc(C(=O)N(CC)CO)nc3)ccc2[nH]1. The number of pyridine rings is 1. The predicted octanol–water partition coefficient (Wildman–Crippen LogP) is 3.40. The second-order valence-electron chi connectivity index (χ2n) is 6.30. The molecule has 8 heteroatoms. The van der Waals surface area contributed by atoms with E-state index < -0.39 is 0 Å². The minimum atomic E-state index is -0.350. The molecule has 0 unspecified atom stereocenters. The van der Waals surface area contributed by atoms with E-state index in [1.54, 1.807) is 32.3 Å². The maximum atomic E-state index is 12.2. The summed E-state index contributed by atoms with van der Waals surface area (Å²) in [6, 6.07) is 10.8. The number of nitrogens with zero attached hydrogens (tertiary/aromatic N) is 4. The van der Waals surface area contributed by atoms with Gasteiger partial charge in [0.25, 0.3) is 5.91 Å². The van der Waals surface area contributed by atoms with Crippen LogP contribution in [0.4, 0.5) is 0 Å². The molecule has 30 heavy (non-hydrogen) atoms. The number of H-pyrrole nitrogens is 1. The van der Waals surface area contributed by atoms with Gasteiger partial charge < -0.3 is 19.7 Å². The third-order valence-electron chi connectivity index (χ3n) is 4.38. The first-order valence-electron chi connectivity index (χ1n) is 9.37. The van der Waals surface area contributed by atoms with Crippen molar-refractivity contribution in [1.82, 2.24) is 14.9 Å². The predicted molar refractivity (Wildman–Crippen MR) is 118 cm³/mol. The number of amides is 1. The number of benzene rings is 1. The second kappa shape index (κ2) is 9.62. The highest BCUT2D eigenvalue weighted by molar-refractivity contribution is 6.38. The van der Waals surface area contributed by atoms with Crippen molar-refractivity contribution >= 4 is 28.7 Å². The maximum absolute atomic E-state index is 12.2. The molecule has 3 rings (SSSR count). The molecule has 0 saturated carbocycles. The van der Waals surface area contributed by atoms with Gasteiger partial charge in [0.15, 0.2) is 0 Å². The van der Waals surface area contributed by atoms with E-state index in [0.717, 1.165) is 16.6 Å². The van der Waals surface area contributed by atoms with E-state index in [2.05, 4.69) is 26.5 Å². The normalized spacial score (nSPS) is 11.8. The van der Waals surface area contributed by atoms with Crippen molar-refractivity contribution in [3.63, 3.8) is 0 Å². The van der Waals surface area contributed by atoms with Crippen LogP contribution in [0.25, 0.3) is 10.9 Å². The fourth-order valence-electron chi connectivity index (χ4n) is 2.88. The lowest BCUT2D eigenvalue weighted by atomic mass is 10.2. The first kappa shape index (κ1) is 20.9. The summed E-state index contributed by atoms with van der Waals surface area (Å²) in [6.07, 6.45) is 4.62. The zero-order chi connectivity index (χ0) is 21.5. The molecular weight excluding hydrogens is 382 g/mol. The number of aromatic amines is 1. The van der Waals surface area contributed by atoms with Crippen LogP contribution in [0.5, 0.6) is 11.5 Å². The van der Waals surface area contributed by atoms with Crippen LogP contribution in [-0.4, -0.2) is 58.1 Å². The van der Waals surface area contributed by atoms with Gasteiger partial charge >= 0.3 is 0 Å². The number of fused-ring (bicyclic) bond motifs is 1. The van der Waals surface area contributed by atoms with Crippen LogP contribution >= 0.6 is 0 Å². The molecule has 0 aliphatic heterocycles. The molecule has 1 amide bonds. The van der Waals surface area contributed by atoms with Gasteiger partial charge in [0.1, 0.15) is 29.6 Å². The van der Waals surface area contributed by atoms with Crippen LogP contribution in [0.3, 0.4) is 0 Å². The first-order chi connectivity index (χ1) is 14.6. The van der Waals surface area contributed by atoms with Gasteiger partial charge in [0, 0.05) is 36.9 Å². The standard InChI is InChI=1S/C22H23N5O3/c1-4-24-21(13-23-3)20-11-15-10-16(6-8-18(15)26-20)30-17-7-9-19(25-12-17)22(29)27(5-2)14-28/h4,6-13,26,28H,1,5,14H2,2-3H3. The molecule has 0 bridgehead atoms. The van der Waals surface area contributed by atoms with E-state index in [9.17, 15) is 9.90 Å². The number of rotatable bonds is 8. The average molecular weight is 405 g/mol. The van der Waals surface area contributed by atoms with Gasteiger partial charge in [-0.1, -0.05) is 6.58 Å². The number of carbonyl (C=O) groups is 1. The van der Waals surface area contributed by atoms with Crippen molar-refractivity contribution in [3.8, 4) is 11.5 Å². The van der Waals surface area contributed by atoms with Gasteiger partial charge in [0.05, 0.1) is 11.9 Å². The topological polar surface area (TPSA) is 103 Å². The molecule has 0 aliphatic carbocycles. The van der Waals surface area contributed by atoms with Crippen LogP contribution < -0.4 is 4.74 Å². The molecule has 2 aromatic heterocycles. The molecule has 0 radical (unpaired) electrons. The Hall–Kier alpha value is -3.78. The molecule has 0 aliphatic rings. The van der Waals surface area contributed by atoms with E-state index in [4.69, 9.17) is 4.74 Å². The molecule has 0 atom stereocenters. The van der Waals surface area contributed by atoms with Crippen LogP contribution in [0, 0.1) is 0 Å². The molecule has 8 nitrogen and oxygen atoms in total. The first-order valence-corrected chi connectivity index (χ1v) is 9.37. The van der Waals surface area contributed by atoms with Crippen LogP contribution in [-0.2, 0) is 0 Å². The Balaban J connectivity index is 1.80. The molecule has 0 saturated heterocycles. The minimum Gasteiger partial charge on any atom is -0.456 e. The lowest BCUT2D eigenvalue weighted by Gasteiger charge is -2.16. The highest BCUT2D eigenvalue weighted by Crippen LogP contribution is 2.26. The number of ether oxygens (including phenoxy) is 1. The average Bonchev–Trinajstić information content (AvgIpc) is 3.18.